The Morgan fingerprint density at radius 1 is 1.11 bits per heavy atom. The van der Waals surface area contributed by atoms with Crippen LogP contribution in [0.5, 0.6) is 0 Å². The van der Waals surface area contributed by atoms with Crippen molar-refractivity contribution >= 4 is 23.1 Å². The Hall–Kier alpha value is -1.61. The number of anilines is 2. The molecule has 0 saturated carbocycles. The standard InChI is InChI=1S/C14H16ClN3/c1-9(2)14-17-12(15)8-13(18-14)16-11-6-4-10(3)5-7-11/h4-9H,1-3H3,(H,16,17,18). The minimum Gasteiger partial charge on any atom is -0.340 e. The predicted molar refractivity (Wildman–Crippen MR) is 75.6 cm³/mol. The molecule has 3 nitrogen and oxygen atoms in total. The fourth-order valence-corrected chi connectivity index (χ4v) is 1.73. The van der Waals surface area contributed by atoms with E-state index in [9.17, 15) is 0 Å². The Morgan fingerprint density at radius 2 is 1.78 bits per heavy atom. The van der Waals surface area contributed by atoms with Crippen LogP contribution >= 0.6 is 11.6 Å². The zero-order chi connectivity index (χ0) is 13.1. The lowest BCUT2D eigenvalue weighted by atomic mass is 10.2. The maximum atomic E-state index is 5.99. The summed E-state index contributed by atoms with van der Waals surface area (Å²) in [7, 11) is 0. The highest BCUT2D eigenvalue weighted by molar-refractivity contribution is 6.29. The van der Waals surface area contributed by atoms with Gasteiger partial charge in [-0.15, -0.1) is 0 Å². The lowest BCUT2D eigenvalue weighted by Crippen LogP contribution is -2.02. The molecule has 1 heterocycles. The van der Waals surface area contributed by atoms with Crippen LogP contribution in [0.3, 0.4) is 0 Å². The van der Waals surface area contributed by atoms with Gasteiger partial charge in [-0.2, -0.15) is 0 Å². The molecule has 4 heteroatoms. The Labute approximate surface area is 112 Å². The van der Waals surface area contributed by atoms with Crippen molar-refractivity contribution in [3.8, 4) is 0 Å². The maximum Gasteiger partial charge on any atom is 0.135 e. The fraction of sp³-hybridized carbons (Fsp3) is 0.286. The molecule has 0 saturated heterocycles. The van der Waals surface area contributed by atoms with E-state index >= 15 is 0 Å². The van der Waals surface area contributed by atoms with E-state index in [1.807, 2.05) is 26.0 Å². The number of nitrogens with zero attached hydrogens (tertiary/aromatic N) is 2. The molecule has 0 aliphatic heterocycles. The third-order valence-corrected chi connectivity index (χ3v) is 2.75. The maximum absolute atomic E-state index is 5.99. The van der Waals surface area contributed by atoms with Gasteiger partial charge in [-0.05, 0) is 19.1 Å². The molecular weight excluding hydrogens is 246 g/mol. The molecule has 0 bridgehead atoms. The van der Waals surface area contributed by atoms with E-state index in [0.29, 0.717) is 5.15 Å². The Balaban J connectivity index is 2.26. The molecule has 1 aromatic heterocycles. The molecule has 0 radical (unpaired) electrons. The van der Waals surface area contributed by atoms with Gasteiger partial charge in [0.2, 0.25) is 0 Å². The van der Waals surface area contributed by atoms with Crippen molar-refractivity contribution in [3.05, 3.63) is 46.9 Å². The number of aryl methyl sites for hydroxylation is 1. The van der Waals surface area contributed by atoms with Crippen molar-refractivity contribution in [1.29, 1.82) is 0 Å². The predicted octanol–water partition coefficient (Wildman–Crippen LogP) is 4.31. The first-order chi connectivity index (χ1) is 8.54. The van der Waals surface area contributed by atoms with Crippen molar-refractivity contribution in [2.75, 3.05) is 5.32 Å². The average molecular weight is 262 g/mol. The van der Waals surface area contributed by atoms with Gasteiger partial charge < -0.3 is 5.32 Å². The minimum absolute atomic E-state index is 0.252. The van der Waals surface area contributed by atoms with E-state index in [2.05, 4.69) is 34.3 Å². The number of aromatic nitrogens is 2. The van der Waals surface area contributed by atoms with E-state index in [0.717, 1.165) is 17.3 Å². The topological polar surface area (TPSA) is 37.8 Å². The van der Waals surface area contributed by atoms with Crippen LogP contribution in [0, 0.1) is 6.92 Å². The normalized spacial score (nSPS) is 10.7. The summed E-state index contributed by atoms with van der Waals surface area (Å²) in [6.07, 6.45) is 0. The number of nitrogens with one attached hydrogen (secondary N) is 1. The average Bonchev–Trinajstić information content (AvgIpc) is 2.31. The second-order valence-electron chi connectivity index (χ2n) is 4.58. The number of halogens is 1. The van der Waals surface area contributed by atoms with E-state index in [-0.39, 0.29) is 5.92 Å². The summed E-state index contributed by atoms with van der Waals surface area (Å²) in [5, 5.41) is 3.69. The van der Waals surface area contributed by atoms with E-state index in [1.165, 1.54) is 5.56 Å². The molecule has 2 aromatic rings. The highest BCUT2D eigenvalue weighted by Crippen LogP contribution is 2.20. The summed E-state index contributed by atoms with van der Waals surface area (Å²) in [6, 6.07) is 9.86. The second-order valence-corrected chi connectivity index (χ2v) is 4.97. The van der Waals surface area contributed by atoms with Gasteiger partial charge in [0, 0.05) is 17.7 Å². The molecule has 1 N–H and O–H groups in total. The summed E-state index contributed by atoms with van der Waals surface area (Å²) in [5.41, 5.74) is 2.22. The molecular formula is C14H16ClN3. The number of rotatable bonds is 3. The zero-order valence-electron chi connectivity index (χ0n) is 10.7. The van der Waals surface area contributed by atoms with Gasteiger partial charge in [0.15, 0.2) is 0 Å². The van der Waals surface area contributed by atoms with Gasteiger partial charge >= 0.3 is 0 Å². The van der Waals surface area contributed by atoms with Crippen LogP contribution in [0.25, 0.3) is 0 Å². The molecule has 1 aromatic carbocycles. The molecule has 0 amide bonds. The molecule has 0 aliphatic rings. The van der Waals surface area contributed by atoms with Crippen LogP contribution in [0.15, 0.2) is 30.3 Å². The highest BCUT2D eigenvalue weighted by Gasteiger charge is 2.07. The van der Waals surface area contributed by atoms with Gasteiger partial charge in [0.1, 0.15) is 16.8 Å². The van der Waals surface area contributed by atoms with Crippen molar-refractivity contribution in [2.24, 2.45) is 0 Å². The first-order valence-corrected chi connectivity index (χ1v) is 6.30. The minimum atomic E-state index is 0.252. The van der Waals surface area contributed by atoms with E-state index in [1.54, 1.807) is 6.07 Å². The molecule has 18 heavy (non-hydrogen) atoms. The van der Waals surface area contributed by atoms with Crippen molar-refractivity contribution in [2.45, 2.75) is 26.7 Å². The molecule has 0 spiro atoms. The lowest BCUT2D eigenvalue weighted by Gasteiger charge is -2.09. The zero-order valence-corrected chi connectivity index (χ0v) is 11.5. The monoisotopic (exact) mass is 261 g/mol. The summed E-state index contributed by atoms with van der Waals surface area (Å²) in [4.78, 5) is 8.65. The molecule has 0 aliphatic carbocycles. The summed E-state index contributed by atoms with van der Waals surface area (Å²) >= 11 is 5.99. The van der Waals surface area contributed by atoms with Crippen LogP contribution in [-0.4, -0.2) is 9.97 Å². The molecule has 0 unspecified atom stereocenters. The Morgan fingerprint density at radius 3 is 2.39 bits per heavy atom. The first-order valence-electron chi connectivity index (χ1n) is 5.93. The largest absolute Gasteiger partial charge is 0.340 e. The summed E-state index contributed by atoms with van der Waals surface area (Å²) in [6.45, 7) is 6.14. The Bertz CT molecular complexity index is 535. The van der Waals surface area contributed by atoms with Crippen LogP contribution in [0.2, 0.25) is 5.15 Å². The lowest BCUT2D eigenvalue weighted by molar-refractivity contribution is 0.776. The molecule has 0 atom stereocenters. The third-order valence-electron chi connectivity index (χ3n) is 2.55. The van der Waals surface area contributed by atoms with E-state index in [4.69, 9.17) is 11.6 Å². The Kier molecular flexibility index (Phi) is 3.82. The highest BCUT2D eigenvalue weighted by atomic mass is 35.5. The van der Waals surface area contributed by atoms with Crippen LogP contribution in [-0.2, 0) is 0 Å². The SMILES string of the molecule is Cc1ccc(Nc2cc(Cl)nc(C(C)C)n2)cc1. The smallest absolute Gasteiger partial charge is 0.135 e. The van der Waals surface area contributed by atoms with E-state index < -0.39 is 0 Å². The molecule has 0 fully saturated rings. The number of hydrogen-bond donors (Lipinski definition) is 1. The summed E-state index contributed by atoms with van der Waals surface area (Å²) < 4.78 is 0. The first kappa shape index (κ1) is 12.8. The van der Waals surface area contributed by atoms with Gasteiger partial charge in [0.05, 0.1) is 0 Å². The van der Waals surface area contributed by atoms with Crippen LogP contribution in [0.1, 0.15) is 31.2 Å². The summed E-state index contributed by atoms with van der Waals surface area (Å²) in [5.74, 6) is 1.72. The van der Waals surface area contributed by atoms with Crippen molar-refractivity contribution < 1.29 is 0 Å². The van der Waals surface area contributed by atoms with Crippen LogP contribution < -0.4 is 5.32 Å². The van der Waals surface area contributed by atoms with Gasteiger partial charge in [-0.3, -0.25) is 0 Å². The number of benzene rings is 1. The van der Waals surface area contributed by atoms with Crippen molar-refractivity contribution in [3.63, 3.8) is 0 Å². The van der Waals surface area contributed by atoms with Gasteiger partial charge in [-0.1, -0.05) is 43.1 Å². The van der Waals surface area contributed by atoms with Gasteiger partial charge in [0.25, 0.3) is 0 Å². The van der Waals surface area contributed by atoms with Gasteiger partial charge in [-0.25, -0.2) is 9.97 Å². The number of hydrogen-bond acceptors (Lipinski definition) is 3. The van der Waals surface area contributed by atoms with Crippen LogP contribution in [0.4, 0.5) is 11.5 Å². The molecule has 2 rings (SSSR count). The second kappa shape index (κ2) is 5.36. The quantitative estimate of drug-likeness (QED) is 0.837. The fourth-order valence-electron chi connectivity index (χ4n) is 1.54. The molecule has 94 valence electrons. The third kappa shape index (κ3) is 3.20. The van der Waals surface area contributed by atoms with Crippen molar-refractivity contribution in [1.82, 2.24) is 9.97 Å².